The van der Waals surface area contributed by atoms with Gasteiger partial charge in [0.1, 0.15) is 18.3 Å². The molecule has 2 amide bonds. The van der Waals surface area contributed by atoms with E-state index < -0.39 is 40.0 Å². The average Bonchev–Trinajstić information content (AvgIpc) is 3.03. The van der Waals surface area contributed by atoms with Crippen molar-refractivity contribution in [1.82, 2.24) is 10.2 Å². The molecule has 0 radical (unpaired) electrons. The molecule has 1 atom stereocenters. The molecule has 1 unspecified atom stereocenters. The van der Waals surface area contributed by atoms with Crippen molar-refractivity contribution in [3.05, 3.63) is 124 Å². The predicted molar refractivity (Wildman–Crippen MR) is 187 cm³/mol. The smallest absolute Gasteiger partial charge is 0.264 e. The predicted octanol–water partition coefficient (Wildman–Crippen LogP) is 7.14. The molecule has 0 spiro atoms. The summed E-state index contributed by atoms with van der Waals surface area (Å²) >= 11 is 12.8. The van der Waals surface area contributed by atoms with Crippen LogP contribution >= 0.6 is 23.2 Å². The van der Waals surface area contributed by atoms with E-state index in [4.69, 9.17) is 27.9 Å². The van der Waals surface area contributed by atoms with Gasteiger partial charge in [-0.05, 0) is 75.2 Å². The van der Waals surface area contributed by atoms with Crippen LogP contribution in [0.15, 0.2) is 108 Å². The fourth-order valence-electron chi connectivity index (χ4n) is 5.01. The number of para-hydroxylation sites is 2. The Morgan fingerprint density at radius 1 is 0.872 bits per heavy atom. The number of hydrogen-bond donors (Lipinski definition) is 1. The second-order valence-electron chi connectivity index (χ2n) is 11.9. The van der Waals surface area contributed by atoms with Crippen molar-refractivity contribution in [1.29, 1.82) is 0 Å². The summed E-state index contributed by atoms with van der Waals surface area (Å²) < 4.78 is 35.4. The van der Waals surface area contributed by atoms with Gasteiger partial charge in [0.05, 0.1) is 17.2 Å². The quantitative estimate of drug-likeness (QED) is 0.160. The maximum absolute atomic E-state index is 14.7. The van der Waals surface area contributed by atoms with Gasteiger partial charge in [-0.25, -0.2) is 8.42 Å². The molecule has 0 bridgehead atoms. The summed E-state index contributed by atoms with van der Waals surface area (Å²) in [5.41, 5.74) is 0.933. The number of nitrogens with zero attached hydrogens (tertiary/aromatic N) is 2. The molecule has 0 fully saturated rings. The Balaban J connectivity index is 1.87. The summed E-state index contributed by atoms with van der Waals surface area (Å²) in [5.74, 6) is -0.723. The molecule has 8 nitrogen and oxygen atoms in total. The largest absolute Gasteiger partial charge is 0.492 e. The summed E-state index contributed by atoms with van der Waals surface area (Å²) in [5, 5.41) is 3.73. The number of halogens is 2. The van der Waals surface area contributed by atoms with Gasteiger partial charge in [-0.15, -0.1) is 0 Å². The van der Waals surface area contributed by atoms with E-state index in [0.29, 0.717) is 21.4 Å². The van der Waals surface area contributed by atoms with Crippen molar-refractivity contribution in [3.8, 4) is 5.75 Å². The molecule has 0 aliphatic carbocycles. The second-order valence-corrected chi connectivity index (χ2v) is 14.6. The monoisotopic (exact) mass is 695 g/mol. The highest BCUT2D eigenvalue weighted by Crippen LogP contribution is 2.33. The van der Waals surface area contributed by atoms with Crippen molar-refractivity contribution in [2.45, 2.75) is 57.1 Å². The van der Waals surface area contributed by atoms with Crippen molar-refractivity contribution >= 4 is 50.7 Å². The fourth-order valence-corrected chi connectivity index (χ4v) is 6.93. The molecule has 0 saturated heterocycles. The Bertz CT molecular complexity index is 1780. The highest BCUT2D eigenvalue weighted by molar-refractivity contribution is 7.92. The molecule has 248 valence electrons. The van der Waals surface area contributed by atoms with E-state index in [1.807, 2.05) is 51.1 Å². The van der Waals surface area contributed by atoms with E-state index in [1.165, 1.54) is 17.0 Å². The number of hydrogen-bond acceptors (Lipinski definition) is 5. The first-order valence-corrected chi connectivity index (χ1v) is 17.4. The lowest BCUT2D eigenvalue weighted by atomic mass is 10.0. The van der Waals surface area contributed by atoms with Gasteiger partial charge in [-0.3, -0.25) is 13.9 Å². The Labute approximate surface area is 287 Å². The van der Waals surface area contributed by atoms with Crippen molar-refractivity contribution in [3.63, 3.8) is 0 Å². The molecular formula is C36H39Cl2N3O5S. The van der Waals surface area contributed by atoms with Crippen LogP contribution in [0.5, 0.6) is 5.75 Å². The highest BCUT2D eigenvalue weighted by Gasteiger charge is 2.36. The molecule has 4 aromatic carbocycles. The van der Waals surface area contributed by atoms with E-state index in [1.54, 1.807) is 67.6 Å². The number of anilines is 1. The van der Waals surface area contributed by atoms with E-state index in [0.717, 1.165) is 9.87 Å². The molecule has 47 heavy (non-hydrogen) atoms. The minimum absolute atomic E-state index is 0.00212. The number of benzene rings is 4. The number of sulfonamides is 1. The summed E-state index contributed by atoms with van der Waals surface area (Å²) in [4.78, 5) is 30.1. The molecule has 0 saturated carbocycles. The summed E-state index contributed by atoms with van der Waals surface area (Å²) in [6.45, 7) is 6.91. The van der Waals surface area contributed by atoms with Crippen molar-refractivity contribution < 1.29 is 22.7 Å². The maximum atomic E-state index is 14.7. The molecule has 0 aliphatic heterocycles. The van der Waals surface area contributed by atoms with Crippen LogP contribution in [0.3, 0.4) is 0 Å². The zero-order valence-electron chi connectivity index (χ0n) is 26.8. The summed E-state index contributed by atoms with van der Waals surface area (Å²) in [7, 11) is -4.28. The average molecular weight is 697 g/mol. The first-order chi connectivity index (χ1) is 22.3. The molecule has 1 N–H and O–H groups in total. The van der Waals surface area contributed by atoms with E-state index in [2.05, 4.69) is 5.32 Å². The van der Waals surface area contributed by atoms with Crippen LogP contribution in [-0.4, -0.2) is 49.9 Å². The molecular weight excluding hydrogens is 657 g/mol. The Kier molecular flexibility index (Phi) is 12.0. The lowest BCUT2D eigenvalue weighted by molar-refractivity contribution is -0.140. The van der Waals surface area contributed by atoms with Gasteiger partial charge in [-0.2, -0.15) is 0 Å². The standard InChI is InChI=1S/C36H39Cl2N3O5S/c1-5-46-33-19-13-12-18-31(33)41(47(44,45)29-16-10-7-11-17-29)25-34(42)40(24-27-20-21-28(37)23-30(27)38)32(35(43)39-36(2,3)4)22-26-14-8-6-9-15-26/h6-21,23,32H,5,22,24-25H2,1-4H3,(H,39,43). The molecule has 11 heteroatoms. The zero-order valence-corrected chi connectivity index (χ0v) is 29.1. The van der Waals surface area contributed by atoms with Crippen LogP contribution in [0.4, 0.5) is 5.69 Å². The summed E-state index contributed by atoms with van der Waals surface area (Å²) in [6.07, 6.45) is 0.167. The topological polar surface area (TPSA) is 96.0 Å². The number of carbonyl (C=O) groups is 2. The Morgan fingerprint density at radius 3 is 2.11 bits per heavy atom. The fraction of sp³-hybridized carbons (Fsp3) is 0.278. The number of carbonyl (C=O) groups excluding carboxylic acids is 2. The molecule has 4 aromatic rings. The van der Waals surface area contributed by atoms with Gasteiger partial charge in [0, 0.05) is 28.5 Å². The van der Waals surface area contributed by atoms with E-state index in [9.17, 15) is 18.0 Å². The Morgan fingerprint density at radius 2 is 1.49 bits per heavy atom. The van der Waals surface area contributed by atoms with Gasteiger partial charge in [0.25, 0.3) is 10.0 Å². The van der Waals surface area contributed by atoms with Crippen LogP contribution in [0.25, 0.3) is 0 Å². The van der Waals surface area contributed by atoms with E-state index in [-0.39, 0.29) is 30.2 Å². The van der Waals surface area contributed by atoms with Gasteiger partial charge in [0.15, 0.2) is 0 Å². The first kappa shape index (κ1) is 35.8. The molecule has 0 heterocycles. The zero-order chi connectivity index (χ0) is 34.2. The number of ether oxygens (including phenoxy) is 1. The number of amides is 2. The van der Waals surface area contributed by atoms with Crippen LogP contribution in [-0.2, 0) is 32.6 Å². The number of nitrogens with one attached hydrogen (secondary N) is 1. The summed E-state index contributed by atoms with van der Waals surface area (Å²) in [6, 6.07) is 27.7. The third kappa shape index (κ3) is 9.50. The minimum Gasteiger partial charge on any atom is -0.492 e. The van der Waals surface area contributed by atoms with Crippen LogP contribution in [0, 0.1) is 0 Å². The third-order valence-corrected chi connectivity index (χ3v) is 9.53. The second kappa shape index (κ2) is 15.7. The highest BCUT2D eigenvalue weighted by atomic mass is 35.5. The Hall–Kier alpha value is -4.05. The van der Waals surface area contributed by atoms with Crippen molar-refractivity contribution in [2.24, 2.45) is 0 Å². The maximum Gasteiger partial charge on any atom is 0.264 e. The lowest BCUT2D eigenvalue weighted by Gasteiger charge is -2.35. The normalized spacial score (nSPS) is 12.2. The first-order valence-electron chi connectivity index (χ1n) is 15.2. The van der Waals surface area contributed by atoms with Gasteiger partial charge < -0.3 is 15.0 Å². The minimum atomic E-state index is -4.28. The van der Waals surface area contributed by atoms with Crippen molar-refractivity contribution in [2.75, 3.05) is 17.5 Å². The molecule has 4 rings (SSSR count). The lowest BCUT2D eigenvalue weighted by Crippen LogP contribution is -2.56. The van der Waals surface area contributed by atoms with Crippen LogP contribution < -0.4 is 14.4 Å². The SMILES string of the molecule is CCOc1ccccc1N(CC(=O)N(Cc1ccc(Cl)cc1Cl)C(Cc1ccccc1)C(=O)NC(C)(C)C)S(=O)(=O)c1ccccc1. The number of rotatable bonds is 13. The van der Waals surface area contributed by atoms with Crippen LogP contribution in [0.1, 0.15) is 38.8 Å². The van der Waals surface area contributed by atoms with E-state index >= 15 is 0 Å². The molecule has 0 aromatic heterocycles. The van der Waals surface area contributed by atoms with Gasteiger partial charge in [-0.1, -0.05) is 89.9 Å². The van der Waals surface area contributed by atoms with Gasteiger partial charge in [0.2, 0.25) is 11.8 Å². The third-order valence-electron chi connectivity index (χ3n) is 7.17. The molecule has 0 aliphatic rings. The van der Waals surface area contributed by atoms with Gasteiger partial charge >= 0.3 is 0 Å². The van der Waals surface area contributed by atoms with Crippen LogP contribution in [0.2, 0.25) is 10.0 Å².